The highest BCUT2D eigenvalue weighted by Crippen LogP contribution is 2.31. The normalized spacial score (nSPS) is 20.4. The van der Waals surface area contributed by atoms with Crippen molar-refractivity contribution in [2.45, 2.75) is 55.6 Å². The Bertz CT molecular complexity index is 1210. The van der Waals surface area contributed by atoms with Gasteiger partial charge >= 0.3 is 5.92 Å². The molecule has 2 aliphatic heterocycles. The number of carbonyl (C=O) groups is 1. The van der Waals surface area contributed by atoms with Crippen molar-refractivity contribution in [3.63, 3.8) is 0 Å². The van der Waals surface area contributed by atoms with Crippen LogP contribution >= 0.6 is 0 Å². The molecule has 1 unspecified atom stereocenters. The molecule has 2 saturated heterocycles. The number of hydrogen-bond acceptors (Lipinski definition) is 8. The number of benzene rings is 1. The van der Waals surface area contributed by atoms with Crippen molar-refractivity contribution < 1.29 is 40.0 Å². The van der Waals surface area contributed by atoms with Crippen molar-refractivity contribution in [3.05, 3.63) is 29.7 Å². The highest BCUT2D eigenvalue weighted by Gasteiger charge is 2.38. The fraction of sp³-hybridized carbons (Fsp3) is 0.571. The number of hydrogen-bond donors (Lipinski definition) is 0. The van der Waals surface area contributed by atoms with Crippen LogP contribution in [-0.4, -0.2) is 67.4 Å². The second kappa shape index (κ2) is 9.28. The Hall–Kier alpha value is -2.90. The van der Waals surface area contributed by atoms with Gasteiger partial charge in [-0.1, -0.05) is 0 Å². The molecule has 1 atom stereocenters. The quantitative estimate of drug-likeness (QED) is 0.536. The van der Waals surface area contributed by atoms with E-state index in [0.29, 0.717) is 64.4 Å². The Balaban J connectivity index is 1.40. The zero-order valence-electron chi connectivity index (χ0n) is 19.0. The Morgan fingerprint density at radius 2 is 1.80 bits per heavy atom. The lowest BCUT2D eigenvalue weighted by Gasteiger charge is -2.41. The highest BCUT2D eigenvalue weighted by atomic mass is 32.2. The number of nitrogens with zero attached hydrogens (tertiary/aromatic N) is 4. The van der Waals surface area contributed by atoms with Gasteiger partial charge < -0.3 is 19.1 Å². The minimum atomic E-state index is -3.97. The molecule has 35 heavy (non-hydrogen) atoms. The van der Waals surface area contributed by atoms with E-state index in [-0.39, 0.29) is 17.9 Å². The zero-order chi connectivity index (χ0) is 25.5. The van der Waals surface area contributed by atoms with Gasteiger partial charge in [0.2, 0.25) is 0 Å². The van der Waals surface area contributed by atoms with Crippen molar-refractivity contribution in [3.8, 4) is 5.75 Å². The first kappa shape index (κ1) is 25.2. The van der Waals surface area contributed by atoms with E-state index in [9.17, 15) is 30.8 Å². The number of ether oxygens (including phenoxy) is 1. The summed E-state index contributed by atoms with van der Waals surface area (Å²) in [5.74, 6) is -7.12. The van der Waals surface area contributed by atoms with Crippen molar-refractivity contribution in [2.24, 2.45) is 0 Å². The maximum Gasteiger partial charge on any atom is 0.322 e. The number of likely N-dealkylation sites (tertiary alicyclic amines) is 1. The average molecular weight is 521 g/mol. The molecule has 2 aliphatic rings. The van der Waals surface area contributed by atoms with E-state index < -0.39 is 50.0 Å². The summed E-state index contributed by atoms with van der Waals surface area (Å²) >= 11 is 0. The van der Waals surface area contributed by atoms with Crippen molar-refractivity contribution in [1.29, 1.82) is 0 Å². The molecular weight excluding hydrogens is 496 g/mol. The fourth-order valence-corrected chi connectivity index (χ4v) is 5.01. The standard InChI is InChI=1S/C21H24F4N4O5S/c1-21(24,25)19-26-20(27-34-19)28-8-5-12(6-9-28)29-7-3-4-15(18(29)30)33-16-10-14(23)17(11-13(16)22)35(2,31)32/h10-12,15H,3-9H2,1-2H3. The van der Waals surface area contributed by atoms with Crippen LogP contribution in [0.15, 0.2) is 21.6 Å². The summed E-state index contributed by atoms with van der Waals surface area (Å²) in [6.45, 7) is 1.93. The van der Waals surface area contributed by atoms with Crippen LogP contribution in [0, 0.1) is 11.6 Å². The minimum Gasteiger partial charge on any atom is -0.477 e. The summed E-state index contributed by atoms with van der Waals surface area (Å²) in [5.41, 5.74) is 0. The molecule has 0 bridgehead atoms. The average Bonchev–Trinajstić information content (AvgIpc) is 3.28. The molecule has 0 aliphatic carbocycles. The zero-order valence-corrected chi connectivity index (χ0v) is 19.8. The second-order valence-corrected chi connectivity index (χ2v) is 10.8. The fourth-order valence-electron chi connectivity index (χ4n) is 4.28. The number of alkyl halides is 2. The predicted molar refractivity (Wildman–Crippen MR) is 114 cm³/mol. The molecule has 0 saturated carbocycles. The number of halogens is 4. The van der Waals surface area contributed by atoms with Crippen LogP contribution in [-0.2, 0) is 20.6 Å². The van der Waals surface area contributed by atoms with Gasteiger partial charge in [0.1, 0.15) is 10.7 Å². The third-order valence-electron chi connectivity index (χ3n) is 6.06. The van der Waals surface area contributed by atoms with Crippen LogP contribution < -0.4 is 9.64 Å². The number of piperidine rings is 2. The first-order valence-corrected chi connectivity index (χ1v) is 12.9. The topological polar surface area (TPSA) is 106 Å². The summed E-state index contributed by atoms with van der Waals surface area (Å²) in [7, 11) is -3.97. The number of sulfone groups is 1. The Labute approximate surface area is 198 Å². The van der Waals surface area contributed by atoms with Crippen LogP contribution in [0.2, 0.25) is 0 Å². The van der Waals surface area contributed by atoms with Gasteiger partial charge in [0.25, 0.3) is 17.7 Å². The molecule has 3 heterocycles. The lowest BCUT2D eigenvalue weighted by Crippen LogP contribution is -2.54. The molecular formula is C21H24F4N4O5S. The van der Waals surface area contributed by atoms with Crippen LogP contribution in [0.25, 0.3) is 0 Å². The van der Waals surface area contributed by atoms with Crippen molar-refractivity contribution in [1.82, 2.24) is 15.0 Å². The summed E-state index contributed by atoms with van der Waals surface area (Å²) < 4.78 is 88.6. The first-order valence-electron chi connectivity index (χ1n) is 11.0. The van der Waals surface area contributed by atoms with Gasteiger partial charge in [-0.3, -0.25) is 4.79 Å². The first-order chi connectivity index (χ1) is 16.3. The Morgan fingerprint density at radius 1 is 1.11 bits per heavy atom. The Morgan fingerprint density at radius 3 is 2.40 bits per heavy atom. The lowest BCUT2D eigenvalue weighted by atomic mass is 9.98. The van der Waals surface area contributed by atoms with Gasteiger partial charge in [-0.25, -0.2) is 17.2 Å². The van der Waals surface area contributed by atoms with E-state index in [0.717, 1.165) is 6.26 Å². The van der Waals surface area contributed by atoms with E-state index in [1.54, 1.807) is 9.80 Å². The number of rotatable bonds is 6. The summed E-state index contributed by atoms with van der Waals surface area (Å²) in [6.07, 6.45) is 1.59. The molecule has 1 aromatic carbocycles. The molecule has 2 fully saturated rings. The SMILES string of the molecule is CC(F)(F)c1nc(N2CCC(N3CCCC(Oc4cc(F)c(S(C)(=O)=O)cc4F)C3=O)CC2)no1. The van der Waals surface area contributed by atoms with E-state index in [4.69, 9.17) is 4.74 Å². The number of anilines is 1. The minimum absolute atomic E-state index is 0.0567. The van der Waals surface area contributed by atoms with Gasteiger partial charge in [0.05, 0.1) is 0 Å². The third-order valence-corrected chi connectivity index (χ3v) is 7.17. The maximum absolute atomic E-state index is 14.4. The molecule has 192 valence electrons. The molecule has 14 heteroatoms. The maximum atomic E-state index is 14.4. The second-order valence-electron chi connectivity index (χ2n) is 8.77. The smallest absolute Gasteiger partial charge is 0.322 e. The summed E-state index contributed by atoms with van der Waals surface area (Å²) in [4.78, 5) is 19.4. The van der Waals surface area contributed by atoms with E-state index in [1.165, 1.54) is 0 Å². The predicted octanol–water partition coefficient (Wildman–Crippen LogP) is 2.90. The van der Waals surface area contributed by atoms with Gasteiger partial charge in [-0.05, 0) is 36.9 Å². The monoisotopic (exact) mass is 520 g/mol. The number of amides is 1. The van der Waals surface area contributed by atoms with Gasteiger partial charge in [-0.15, -0.1) is 0 Å². The molecule has 0 radical (unpaired) electrons. The largest absolute Gasteiger partial charge is 0.477 e. The molecule has 4 rings (SSSR count). The number of aromatic nitrogens is 2. The molecule has 0 spiro atoms. The molecule has 9 nitrogen and oxygen atoms in total. The van der Waals surface area contributed by atoms with Crippen LogP contribution in [0.3, 0.4) is 0 Å². The van der Waals surface area contributed by atoms with Crippen LogP contribution in [0.1, 0.15) is 38.5 Å². The highest BCUT2D eigenvalue weighted by molar-refractivity contribution is 7.90. The van der Waals surface area contributed by atoms with Crippen molar-refractivity contribution >= 4 is 21.7 Å². The Kier molecular flexibility index (Phi) is 6.68. The van der Waals surface area contributed by atoms with Crippen LogP contribution in [0.5, 0.6) is 5.75 Å². The van der Waals surface area contributed by atoms with Gasteiger partial charge in [-0.2, -0.15) is 13.8 Å². The number of carbonyl (C=O) groups excluding carboxylic acids is 1. The van der Waals surface area contributed by atoms with Crippen LogP contribution in [0.4, 0.5) is 23.5 Å². The molecule has 1 amide bonds. The summed E-state index contributed by atoms with van der Waals surface area (Å²) in [5, 5.41) is 3.61. The van der Waals surface area contributed by atoms with Gasteiger partial charge in [0.15, 0.2) is 27.5 Å². The molecule has 1 aromatic heterocycles. The van der Waals surface area contributed by atoms with E-state index in [1.807, 2.05) is 0 Å². The van der Waals surface area contributed by atoms with Gasteiger partial charge in [0, 0.05) is 44.9 Å². The summed E-state index contributed by atoms with van der Waals surface area (Å²) in [6, 6.07) is 1.01. The van der Waals surface area contributed by atoms with Crippen molar-refractivity contribution in [2.75, 3.05) is 30.8 Å². The van der Waals surface area contributed by atoms with E-state index >= 15 is 0 Å². The lowest BCUT2D eigenvalue weighted by molar-refractivity contribution is -0.145. The molecule has 2 aromatic rings. The third kappa shape index (κ3) is 5.36. The van der Waals surface area contributed by atoms with E-state index in [2.05, 4.69) is 14.7 Å². The molecule has 0 N–H and O–H groups in total.